The molecule has 1 aliphatic heterocycles. The molecule has 3 nitrogen and oxygen atoms in total. The molecule has 0 atom stereocenters. The molecule has 1 saturated heterocycles. The Kier molecular flexibility index (Phi) is 8.17. The molecule has 2 N–H and O–H groups in total. The highest BCUT2D eigenvalue weighted by Crippen LogP contribution is 2.31. The molecule has 0 saturated carbocycles. The number of likely N-dealkylation sites (tertiary alicyclic amines) is 1. The number of carbonyl (C=O) groups is 1. The molecule has 0 aromatic heterocycles. The lowest BCUT2D eigenvalue weighted by Gasteiger charge is -2.39. The van der Waals surface area contributed by atoms with Crippen LogP contribution in [0.3, 0.4) is 0 Å². The number of piperidine rings is 1. The molecule has 2 rings (SSSR count). The Labute approximate surface area is 151 Å². The van der Waals surface area contributed by atoms with Gasteiger partial charge in [-0.2, -0.15) is 0 Å². The number of amides is 1. The van der Waals surface area contributed by atoms with Crippen molar-refractivity contribution in [1.82, 2.24) is 4.90 Å². The van der Waals surface area contributed by atoms with Crippen LogP contribution in [0.5, 0.6) is 0 Å². The zero-order valence-electron chi connectivity index (χ0n) is 14.8. The number of halogens is 2. The summed E-state index contributed by atoms with van der Waals surface area (Å²) < 4.78 is 13.8. The molecule has 1 aliphatic rings. The second-order valence-electron chi connectivity index (χ2n) is 6.72. The van der Waals surface area contributed by atoms with Gasteiger partial charge >= 0.3 is 0 Å². The number of carbonyl (C=O) groups excluding carboxylic acids is 1. The monoisotopic (exact) mass is 356 g/mol. The molecule has 5 heteroatoms. The van der Waals surface area contributed by atoms with Crippen LogP contribution in [-0.4, -0.2) is 30.4 Å². The van der Waals surface area contributed by atoms with Gasteiger partial charge in [-0.1, -0.05) is 32.0 Å². The number of nitrogens with zero attached hydrogens (tertiary/aromatic N) is 1. The summed E-state index contributed by atoms with van der Waals surface area (Å²) in [5.41, 5.74) is 6.28. The molecule has 1 heterocycles. The first-order valence-corrected chi connectivity index (χ1v) is 8.79. The van der Waals surface area contributed by atoms with Gasteiger partial charge in [-0.3, -0.25) is 4.79 Å². The van der Waals surface area contributed by atoms with E-state index in [9.17, 15) is 9.18 Å². The predicted molar refractivity (Wildman–Crippen MR) is 98.7 cm³/mol. The molecule has 1 amide bonds. The van der Waals surface area contributed by atoms with Gasteiger partial charge in [0.1, 0.15) is 5.82 Å². The van der Waals surface area contributed by atoms with Crippen LogP contribution < -0.4 is 5.73 Å². The van der Waals surface area contributed by atoms with Crippen LogP contribution in [0.15, 0.2) is 24.3 Å². The average molecular weight is 357 g/mol. The van der Waals surface area contributed by atoms with Crippen LogP contribution in [0.1, 0.15) is 45.1 Å². The molecular weight excluding hydrogens is 327 g/mol. The highest BCUT2D eigenvalue weighted by molar-refractivity contribution is 5.85. The van der Waals surface area contributed by atoms with Gasteiger partial charge in [-0.25, -0.2) is 4.39 Å². The van der Waals surface area contributed by atoms with Crippen LogP contribution in [0.25, 0.3) is 0 Å². The third-order valence-corrected chi connectivity index (χ3v) is 5.57. The molecule has 1 aromatic carbocycles. The van der Waals surface area contributed by atoms with Crippen molar-refractivity contribution in [3.63, 3.8) is 0 Å². The maximum Gasteiger partial charge on any atom is 0.230 e. The fraction of sp³-hybridized carbons (Fsp3) is 0.632. The first kappa shape index (κ1) is 20.9. The van der Waals surface area contributed by atoms with E-state index in [0.717, 1.165) is 50.8 Å². The number of hydrogen-bond donors (Lipinski definition) is 1. The van der Waals surface area contributed by atoms with Crippen molar-refractivity contribution >= 4 is 18.3 Å². The SMILES string of the molecule is CCC(CC)(CN)C(=O)N1CCC(Cc2ccccc2F)CC1.Cl. The maximum absolute atomic E-state index is 13.8. The summed E-state index contributed by atoms with van der Waals surface area (Å²) >= 11 is 0. The summed E-state index contributed by atoms with van der Waals surface area (Å²) in [5.74, 6) is 0.533. The summed E-state index contributed by atoms with van der Waals surface area (Å²) in [6, 6.07) is 6.99. The lowest BCUT2D eigenvalue weighted by Crippen LogP contribution is -2.50. The molecule has 0 radical (unpaired) electrons. The van der Waals surface area contributed by atoms with Gasteiger partial charge < -0.3 is 10.6 Å². The smallest absolute Gasteiger partial charge is 0.230 e. The highest BCUT2D eigenvalue weighted by Gasteiger charge is 2.38. The molecule has 1 aromatic rings. The van der Waals surface area contributed by atoms with Crippen LogP contribution >= 0.6 is 12.4 Å². The lowest BCUT2D eigenvalue weighted by molar-refractivity contribution is -0.143. The van der Waals surface area contributed by atoms with Gasteiger partial charge in [0.2, 0.25) is 5.91 Å². The minimum Gasteiger partial charge on any atom is -0.342 e. The highest BCUT2D eigenvalue weighted by atomic mass is 35.5. The largest absolute Gasteiger partial charge is 0.342 e. The quantitative estimate of drug-likeness (QED) is 0.842. The molecule has 0 unspecified atom stereocenters. The van der Waals surface area contributed by atoms with Gasteiger partial charge in [0, 0.05) is 19.6 Å². The van der Waals surface area contributed by atoms with E-state index in [0.29, 0.717) is 12.5 Å². The Hall–Kier alpha value is -1.13. The molecular formula is C19H30ClFN2O. The molecule has 0 bridgehead atoms. The van der Waals surface area contributed by atoms with Crippen molar-refractivity contribution in [1.29, 1.82) is 0 Å². The summed E-state index contributed by atoms with van der Waals surface area (Å²) in [6.07, 6.45) is 4.21. The minimum absolute atomic E-state index is 0. The topological polar surface area (TPSA) is 46.3 Å². The Bertz CT molecular complexity index is 518. The number of hydrogen-bond acceptors (Lipinski definition) is 2. The molecule has 24 heavy (non-hydrogen) atoms. The predicted octanol–water partition coefficient (Wildman–Crippen LogP) is 3.79. The van der Waals surface area contributed by atoms with E-state index in [4.69, 9.17) is 5.73 Å². The number of nitrogens with two attached hydrogens (primary N) is 1. The zero-order valence-corrected chi connectivity index (χ0v) is 15.6. The van der Waals surface area contributed by atoms with Gasteiger partial charge in [-0.05, 0) is 49.7 Å². The van der Waals surface area contributed by atoms with Crippen LogP contribution in [0, 0.1) is 17.2 Å². The van der Waals surface area contributed by atoms with Crippen LogP contribution in [0.4, 0.5) is 4.39 Å². The first-order chi connectivity index (χ1) is 11.1. The van der Waals surface area contributed by atoms with Gasteiger partial charge in [0.25, 0.3) is 0 Å². The summed E-state index contributed by atoms with van der Waals surface area (Å²) in [4.78, 5) is 14.8. The third kappa shape index (κ3) is 4.48. The number of rotatable bonds is 6. The molecule has 0 spiro atoms. The summed E-state index contributed by atoms with van der Waals surface area (Å²) in [6.45, 7) is 6.02. The fourth-order valence-electron chi connectivity index (χ4n) is 3.58. The van der Waals surface area contributed by atoms with Crippen molar-refractivity contribution in [2.45, 2.75) is 46.0 Å². The van der Waals surface area contributed by atoms with Gasteiger partial charge in [0.15, 0.2) is 0 Å². The van der Waals surface area contributed by atoms with Crippen LogP contribution in [0.2, 0.25) is 0 Å². The van der Waals surface area contributed by atoms with E-state index in [-0.39, 0.29) is 24.1 Å². The third-order valence-electron chi connectivity index (χ3n) is 5.57. The fourth-order valence-corrected chi connectivity index (χ4v) is 3.58. The Morgan fingerprint density at radius 1 is 1.25 bits per heavy atom. The van der Waals surface area contributed by atoms with Gasteiger partial charge in [0.05, 0.1) is 5.41 Å². The standard InChI is InChI=1S/C19H29FN2O.ClH/c1-3-19(4-2,14-21)18(23)22-11-9-15(10-12-22)13-16-7-5-6-8-17(16)20;/h5-8,15H,3-4,9-14,21H2,1-2H3;1H. The van der Waals surface area contributed by atoms with E-state index in [1.54, 1.807) is 6.07 Å². The normalized spacial score (nSPS) is 15.9. The van der Waals surface area contributed by atoms with E-state index in [1.807, 2.05) is 30.9 Å². The molecule has 1 fully saturated rings. The minimum atomic E-state index is -0.404. The van der Waals surface area contributed by atoms with E-state index in [1.165, 1.54) is 6.07 Å². The second kappa shape index (κ2) is 9.38. The van der Waals surface area contributed by atoms with Crippen LogP contribution in [-0.2, 0) is 11.2 Å². The lowest BCUT2D eigenvalue weighted by atomic mass is 9.80. The zero-order chi connectivity index (χ0) is 16.9. The van der Waals surface area contributed by atoms with Crippen molar-refractivity contribution < 1.29 is 9.18 Å². The van der Waals surface area contributed by atoms with Crippen molar-refractivity contribution in [3.8, 4) is 0 Å². The molecule has 0 aliphatic carbocycles. The van der Waals surface area contributed by atoms with Gasteiger partial charge in [-0.15, -0.1) is 12.4 Å². The Morgan fingerprint density at radius 2 is 1.83 bits per heavy atom. The van der Waals surface area contributed by atoms with E-state index < -0.39 is 5.41 Å². The Morgan fingerprint density at radius 3 is 2.33 bits per heavy atom. The molecule has 136 valence electrons. The van der Waals surface area contributed by atoms with E-state index in [2.05, 4.69) is 0 Å². The van der Waals surface area contributed by atoms with Crippen molar-refractivity contribution in [3.05, 3.63) is 35.6 Å². The second-order valence-corrected chi connectivity index (χ2v) is 6.72. The summed E-state index contributed by atoms with van der Waals surface area (Å²) in [7, 11) is 0. The number of benzene rings is 1. The maximum atomic E-state index is 13.8. The van der Waals surface area contributed by atoms with Crippen molar-refractivity contribution in [2.24, 2.45) is 17.1 Å². The van der Waals surface area contributed by atoms with Crippen molar-refractivity contribution in [2.75, 3.05) is 19.6 Å². The summed E-state index contributed by atoms with van der Waals surface area (Å²) in [5, 5.41) is 0. The Balaban J connectivity index is 0.00000288. The average Bonchev–Trinajstić information content (AvgIpc) is 2.59. The van der Waals surface area contributed by atoms with E-state index >= 15 is 0 Å². The first-order valence-electron chi connectivity index (χ1n) is 8.79.